The predicted octanol–water partition coefficient (Wildman–Crippen LogP) is 2.19. The molecule has 4 nitrogen and oxygen atoms in total. The molecule has 0 spiro atoms. The van der Waals surface area contributed by atoms with Crippen molar-refractivity contribution >= 4 is 17.6 Å². The van der Waals surface area contributed by atoms with E-state index in [9.17, 15) is 27.2 Å². The second-order valence-corrected chi connectivity index (χ2v) is 3.66. The Morgan fingerprint density at radius 2 is 1.68 bits per heavy atom. The number of hydrogen-bond acceptors (Lipinski definition) is 2. The van der Waals surface area contributed by atoms with Crippen LogP contribution in [-0.2, 0) is 9.59 Å². The van der Waals surface area contributed by atoms with E-state index in [1.807, 2.05) is 0 Å². The van der Waals surface area contributed by atoms with Gasteiger partial charge in [-0.2, -0.15) is 13.2 Å². The summed E-state index contributed by atoms with van der Waals surface area (Å²) < 4.78 is 50.0. The van der Waals surface area contributed by atoms with Gasteiger partial charge < -0.3 is 5.11 Å². The van der Waals surface area contributed by atoms with Crippen LogP contribution in [0.15, 0.2) is 24.3 Å². The first kappa shape index (κ1) is 14.9. The van der Waals surface area contributed by atoms with Crippen LogP contribution >= 0.6 is 0 Å². The number of hydrogen-bond donors (Lipinski definition) is 1. The lowest BCUT2D eigenvalue weighted by Crippen LogP contribution is -2.49. The highest BCUT2D eigenvalue weighted by Gasteiger charge is 2.45. The highest BCUT2D eigenvalue weighted by Crippen LogP contribution is 2.26. The van der Waals surface area contributed by atoms with E-state index in [0.29, 0.717) is 0 Å². The van der Waals surface area contributed by atoms with Crippen LogP contribution in [0, 0.1) is 5.82 Å². The molecule has 104 valence electrons. The Hall–Kier alpha value is -2.12. The van der Waals surface area contributed by atoms with E-state index in [1.54, 1.807) is 0 Å². The Morgan fingerprint density at radius 3 is 2.05 bits per heavy atom. The molecule has 1 amide bonds. The summed E-state index contributed by atoms with van der Waals surface area (Å²) in [7, 11) is 0. The summed E-state index contributed by atoms with van der Waals surface area (Å²) in [6, 6.07) is 1.73. The first-order chi connectivity index (χ1) is 8.64. The third kappa shape index (κ3) is 3.43. The van der Waals surface area contributed by atoms with Gasteiger partial charge in [-0.05, 0) is 31.2 Å². The molecule has 0 heterocycles. The van der Waals surface area contributed by atoms with Crippen molar-refractivity contribution < 1.29 is 32.3 Å². The minimum Gasteiger partial charge on any atom is -0.480 e. The lowest BCUT2D eigenvalue weighted by Gasteiger charge is -2.27. The Morgan fingerprint density at radius 1 is 1.21 bits per heavy atom. The van der Waals surface area contributed by atoms with E-state index in [0.717, 1.165) is 31.2 Å². The lowest BCUT2D eigenvalue weighted by atomic mass is 10.2. The van der Waals surface area contributed by atoms with Crippen LogP contribution in [0.4, 0.5) is 23.2 Å². The molecular formula is C11H9F4NO3. The standard InChI is InChI=1S/C11H9F4NO3/c1-6(9(17)18)16(10(19)11(13,14)15)8-4-2-7(12)3-5-8/h2-6H,1H3,(H,17,18). The molecule has 0 saturated heterocycles. The van der Waals surface area contributed by atoms with E-state index in [4.69, 9.17) is 5.11 Å². The fraction of sp³-hybridized carbons (Fsp3) is 0.273. The number of nitrogens with zero attached hydrogens (tertiary/aromatic N) is 1. The number of alkyl halides is 3. The van der Waals surface area contributed by atoms with Crippen LogP contribution in [0.2, 0.25) is 0 Å². The fourth-order valence-electron chi connectivity index (χ4n) is 1.37. The molecule has 0 aliphatic carbocycles. The van der Waals surface area contributed by atoms with Crippen molar-refractivity contribution in [2.75, 3.05) is 4.90 Å². The molecule has 1 aromatic rings. The molecule has 0 aliphatic heterocycles. The van der Waals surface area contributed by atoms with Crippen molar-refractivity contribution in [3.63, 3.8) is 0 Å². The molecule has 1 unspecified atom stereocenters. The van der Waals surface area contributed by atoms with Gasteiger partial charge in [0, 0.05) is 5.69 Å². The number of amides is 1. The van der Waals surface area contributed by atoms with Gasteiger partial charge in [0.15, 0.2) is 0 Å². The van der Waals surface area contributed by atoms with Crippen molar-refractivity contribution in [2.45, 2.75) is 19.1 Å². The fourth-order valence-corrected chi connectivity index (χ4v) is 1.37. The zero-order valence-electron chi connectivity index (χ0n) is 9.61. The van der Waals surface area contributed by atoms with E-state index < -0.39 is 29.9 Å². The first-order valence-electron chi connectivity index (χ1n) is 5.03. The van der Waals surface area contributed by atoms with E-state index in [1.165, 1.54) is 0 Å². The number of benzene rings is 1. The second-order valence-electron chi connectivity index (χ2n) is 3.66. The van der Waals surface area contributed by atoms with Crippen LogP contribution in [-0.4, -0.2) is 29.2 Å². The maximum Gasteiger partial charge on any atom is 0.471 e. The number of carboxylic acid groups (broad SMARTS) is 1. The quantitative estimate of drug-likeness (QED) is 0.863. The summed E-state index contributed by atoms with van der Waals surface area (Å²) >= 11 is 0. The largest absolute Gasteiger partial charge is 0.480 e. The SMILES string of the molecule is CC(C(=O)O)N(C(=O)C(F)(F)F)c1ccc(F)cc1. The number of carboxylic acids is 1. The Balaban J connectivity index is 3.24. The van der Waals surface area contributed by atoms with Crippen molar-refractivity contribution in [1.82, 2.24) is 0 Å². The molecule has 19 heavy (non-hydrogen) atoms. The number of halogens is 4. The summed E-state index contributed by atoms with van der Waals surface area (Å²) in [5, 5.41) is 8.75. The third-order valence-electron chi connectivity index (χ3n) is 2.31. The summed E-state index contributed by atoms with van der Waals surface area (Å²) in [6.45, 7) is 0.926. The van der Waals surface area contributed by atoms with E-state index in [-0.39, 0.29) is 10.6 Å². The molecular weight excluding hydrogens is 270 g/mol. The Kier molecular flexibility index (Phi) is 4.13. The minimum absolute atomic E-state index is 0.0573. The molecule has 0 saturated carbocycles. The van der Waals surface area contributed by atoms with Gasteiger partial charge in [-0.1, -0.05) is 0 Å². The van der Waals surface area contributed by atoms with Gasteiger partial charge in [0.25, 0.3) is 0 Å². The summed E-state index contributed by atoms with van der Waals surface area (Å²) in [5.41, 5.74) is -0.348. The number of aliphatic carboxylic acids is 1. The number of carbonyl (C=O) groups excluding carboxylic acids is 1. The van der Waals surface area contributed by atoms with Crippen molar-refractivity contribution in [3.05, 3.63) is 30.1 Å². The molecule has 8 heteroatoms. The highest BCUT2D eigenvalue weighted by molar-refractivity contribution is 6.01. The van der Waals surface area contributed by atoms with Crippen LogP contribution in [0.25, 0.3) is 0 Å². The highest BCUT2D eigenvalue weighted by atomic mass is 19.4. The summed E-state index contributed by atoms with van der Waals surface area (Å²) in [6.07, 6.45) is -5.22. The van der Waals surface area contributed by atoms with Gasteiger partial charge in [-0.15, -0.1) is 0 Å². The number of rotatable bonds is 3. The Labute approximate surface area is 105 Å². The molecule has 1 N–H and O–H groups in total. The molecule has 0 fully saturated rings. The van der Waals surface area contributed by atoms with Crippen LogP contribution in [0.3, 0.4) is 0 Å². The first-order valence-corrected chi connectivity index (χ1v) is 5.03. The average molecular weight is 279 g/mol. The maximum absolute atomic E-state index is 12.7. The van der Waals surface area contributed by atoms with Gasteiger partial charge >= 0.3 is 18.1 Å². The van der Waals surface area contributed by atoms with E-state index >= 15 is 0 Å². The van der Waals surface area contributed by atoms with Gasteiger partial charge in [0.2, 0.25) is 0 Å². The molecule has 1 aromatic carbocycles. The Bertz CT molecular complexity index is 484. The van der Waals surface area contributed by atoms with Crippen LogP contribution in [0.5, 0.6) is 0 Å². The molecule has 0 aliphatic rings. The monoisotopic (exact) mass is 279 g/mol. The van der Waals surface area contributed by atoms with Gasteiger partial charge in [0.1, 0.15) is 11.9 Å². The van der Waals surface area contributed by atoms with Crippen molar-refractivity contribution in [1.29, 1.82) is 0 Å². The topological polar surface area (TPSA) is 57.6 Å². The third-order valence-corrected chi connectivity index (χ3v) is 2.31. The van der Waals surface area contributed by atoms with Crippen molar-refractivity contribution in [3.8, 4) is 0 Å². The molecule has 0 radical (unpaired) electrons. The molecule has 0 bridgehead atoms. The second kappa shape index (κ2) is 5.25. The summed E-state index contributed by atoms with van der Waals surface area (Å²) in [4.78, 5) is 22.1. The maximum atomic E-state index is 12.7. The van der Waals surface area contributed by atoms with Crippen LogP contribution in [0.1, 0.15) is 6.92 Å². The number of carbonyl (C=O) groups is 2. The van der Waals surface area contributed by atoms with Gasteiger partial charge in [-0.25, -0.2) is 9.18 Å². The molecule has 1 atom stereocenters. The van der Waals surface area contributed by atoms with Crippen LogP contribution < -0.4 is 4.90 Å². The number of anilines is 1. The van der Waals surface area contributed by atoms with Crippen molar-refractivity contribution in [2.24, 2.45) is 0 Å². The normalized spacial score (nSPS) is 12.9. The zero-order valence-corrected chi connectivity index (χ0v) is 9.61. The average Bonchev–Trinajstić information content (AvgIpc) is 2.30. The van der Waals surface area contributed by atoms with Gasteiger partial charge in [0.05, 0.1) is 0 Å². The molecule has 0 aromatic heterocycles. The predicted molar refractivity (Wildman–Crippen MR) is 57.0 cm³/mol. The van der Waals surface area contributed by atoms with Gasteiger partial charge in [-0.3, -0.25) is 9.69 Å². The molecule has 1 rings (SSSR count). The minimum atomic E-state index is -5.22. The smallest absolute Gasteiger partial charge is 0.471 e. The lowest BCUT2D eigenvalue weighted by molar-refractivity contribution is -0.171. The summed E-state index contributed by atoms with van der Waals surface area (Å²) in [5.74, 6) is -4.65. The van der Waals surface area contributed by atoms with E-state index in [2.05, 4.69) is 0 Å². The zero-order chi connectivity index (χ0) is 14.8.